The Hall–Kier alpha value is -2.82. The summed E-state index contributed by atoms with van der Waals surface area (Å²) in [4.78, 5) is 24.6. The van der Waals surface area contributed by atoms with Crippen LogP contribution < -0.4 is 5.32 Å². The lowest BCUT2D eigenvalue weighted by molar-refractivity contribution is -0.151. The molecule has 0 bridgehead atoms. The number of amides is 1. The van der Waals surface area contributed by atoms with Crippen LogP contribution in [0.3, 0.4) is 0 Å². The van der Waals surface area contributed by atoms with Crippen LogP contribution in [0.2, 0.25) is 0 Å². The van der Waals surface area contributed by atoms with Gasteiger partial charge in [-0.3, -0.25) is 9.59 Å². The molecule has 0 spiro atoms. The van der Waals surface area contributed by atoms with Gasteiger partial charge in [-0.25, -0.2) is 12.8 Å². The van der Waals surface area contributed by atoms with Gasteiger partial charge in [0.25, 0.3) is 5.91 Å². The minimum absolute atomic E-state index is 0.00938. The van der Waals surface area contributed by atoms with Crippen LogP contribution in [-0.4, -0.2) is 55.0 Å². The maximum atomic E-state index is 13.6. The number of aryl methyl sites for hydroxylation is 2. The van der Waals surface area contributed by atoms with Gasteiger partial charge in [0, 0.05) is 25.1 Å². The van der Waals surface area contributed by atoms with Crippen LogP contribution in [0.5, 0.6) is 0 Å². The van der Waals surface area contributed by atoms with Gasteiger partial charge in [0.05, 0.1) is 11.0 Å². The third-order valence-corrected chi connectivity index (χ3v) is 7.24. The molecule has 0 radical (unpaired) electrons. The number of hydrogen-bond donors (Lipinski definition) is 2. The van der Waals surface area contributed by atoms with Crippen molar-refractivity contribution in [1.82, 2.24) is 9.62 Å². The van der Waals surface area contributed by atoms with Crippen LogP contribution in [0.15, 0.2) is 47.4 Å². The molecular formula is C22H25FN2O6S. The first-order valence-electron chi connectivity index (χ1n) is 10.0. The van der Waals surface area contributed by atoms with E-state index in [0.29, 0.717) is 0 Å². The third-order valence-electron chi connectivity index (χ3n) is 5.37. The molecular weight excluding hydrogens is 439 g/mol. The SMILES string of the molecule is Cc1ccc(S(=O)(=O)N2CC(O)C[C@H]2C(=O)OCC(=O)NCc2ccccc2F)cc1C. The number of β-amino-alcohol motifs (C(OH)–C–C–N with tert-alkyl or cyclic N) is 1. The molecule has 2 N–H and O–H groups in total. The van der Waals surface area contributed by atoms with E-state index >= 15 is 0 Å². The maximum Gasteiger partial charge on any atom is 0.325 e. The van der Waals surface area contributed by atoms with E-state index in [-0.39, 0.29) is 30.0 Å². The first kappa shape index (κ1) is 23.8. The molecule has 2 atom stereocenters. The largest absolute Gasteiger partial charge is 0.454 e. The monoisotopic (exact) mass is 464 g/mol. The number of carbonyl (C=O) groups excluding carboxylic acids is 2. The van der Waals surface area contributed by atoms with E-state index in [1.54, 1.807) is 19.1 Å². The van der Waals surface area contributed by atoms with Crippen molar-refractivity contribution in [3.8, 4) is 0 Å². The zero-order chi connectivity index (χ0) is 23.5. The zero-order valence-electron chi connectivity index (χ0n) is 17.7. The highest BCUT2D eigenvalue weighted by molar-refractivity contribution is 7.89. The number of nitrogens with one attached hydrogen (secondary N) is 1. The lowest BCUT2D eigenvalue weighted by Gasteiger charge is -2.22. The molecule has 1 saturated heterocycles. The van der Waals surface area contributed by atoms with Crippen molar-refractivity contribution in [3.63, 3.8) is 0 Å². The summed E-state index contributed by atoms with van der Waals surface area (Å²) in [5.41, 5.74) is 1.97. The van der Waals surface area contributed by atoms with Crippen LogP contribution in [-0.2, 0) is 30.9 Å². The highest BCUT2D eigenvalue weighted by Gasteiger charge is 2.44. The summed E-state index contributed by atoms with van der Waals surface area (Å²) in [7, 11) is -4.06. The lowest BCUT2D eigenvalue weighted by Crippen LogP contribution is -2.42. The van der Waals surface area contributed by atoms with E-state index in [4.69, 9.17) is 4.74 Å². The number of carbonyl (C=O) groups is 2. The fraction of sp³-hybridized carbons (Fsp3) is 0.364. The number of nitrogens with zero attached hydrogens (tertiary/aromatic N) is 1. The molecule has 1 aliphatic rings. The predicted octanol–water partition coefficient (Wildman–Crippen LogP) is 1.43. The first-order valence-corrected chi connectivity index (χ1v) is 11.5. The van der Waals surface area contributed by atoms with Crippen LogP contribution >= 0.6 is 0 Å². The van der Waals surface area contributed by atoms with E-state index in [0.717, 1.165) is 15.4 Å². The number of esters is 1. The number of hydrogen-bond acceptors (Lipinski definition) is 6. The van der Waals surface area contributed by atoms with E-state index in [9.17, 15) is 27.5 Å². The van der Waals surface area contributed by atoms with E-state index in [1.165, 1.54) is 30.3 Å². The topological polar surface area (TPSA) is 113 Å². The molecule has 1 amide bonds. The number of rotatable bonds is 7. The lowest BCUT2D eigenvalue weighted by atomic mass is 10.1. The quantitative estimate of drug-likeness (QED) is 0.600. The second-order valence-corrected chi connectivity index (χ2v) is 9.59. The van der Waals surface area contributed by atoms with Gasteiger partial charge in [0.1, 0.15) is 11.9 Å². The molecule has 1 fully saturated rings. The molecule has 0 aliphatic carbocycles. The van der Waals surface area contributed by atoms with E-state index in [2.05, 4.69) is 5.32 Å². The molecule has 1 heterocycles. The normalized spacial score (nSPS) is 19.0. The van der Waals surface area contributed by atoms with Gasteiger partial charge >= 0.3 is 5.97 Å². The highest BCUT2D eigenvalue weighted by atomic mass is 32.2. The van der Waals surface area contributed by atoms with Gasteiger partial charge < -0.3 is 15.2 Å². The Bertz CT molecular complexity index is 1120. The number of sulfonamides is 1. The summed E-state index contributed by atoms with van der Waals surface area (Å²) < 4.78 is 45.7. The van der Waals surface area contributed by atoms with Crippen LogP contribution in [0.25, 0.3) is 0 Å². The van der Waals surface area contributed by atoms with Gasteiger partial charge in [-0.1, -0.05) is 24.3 Å². The van der Waals surface area contributed by atoms with Crippen molar-refractivity contribution < 1.29 is 32.2 Å². The van der Waals surface area contributed by atoms with E-state index < -0.39 is 46.5 Å². The molecule has 3 rings (SSSR count). The van der Waals surface area contributed by atoms with Crippen molar-refractivity contribution in [2.75, 3.05) is 13.2 Å². The van der Waals surface area contributed by atoms with Crippen molar-refractivity contribution >= 4 is 21.9 Å². The van der Waals surface area contributed by atoms with Gasteiger partial charge in [-0.05, 0) is 43.2 Å². The second-order valence-electron chi connectivity index (χ2n) is 7.70. The van der Waals surface area contributed by atoms with Crippen LogP contribution in [0.1, 0.15) is 23.1 Å². The minimum atomic E-state index is -4.06. The summed E-state index contributed by atoms with van der Waals surface area (Å²) in [6, 6.07) is 9.29. The van der Waals surface area contributed by atoms with Gasteiger partial charge in [-0.15, -0.1) is 0 Å². The fourth-order valence-corrected chi connectivity index (χ4v) is 5.11. The minimum Gasteiger partial charge on any atom is -0.454 e. The predicted molar refractivity (Wildman–Crippen MR) is 113 cm³/mol. The average Bonchev–Trinajstić information content (AvgIpc) is 3.16. The summed E-state index contributed by atoms with van der Waals surface area (Å²) in [6.45, 7) is 2.63. The van der Waals surface area contributed by atoms with Crippen LogP contribution in [0, 0.1) is 19.7 Å². The Kier molecular flexibility index (Phi) is 7.27. The zero-order valence-corrected chi connectivity index (χ0v) is 18.6. The Balaban J connectivity index is 1.63. The van der Waals surface area contributed by atoms with Gasteiger partial charge in [0.15, 0.2) is 6.61 Å². The maximum absolute atomic E-state index is 13.6. The number of benzene rings is 2. The summed E-state index contributed by atoms with van der Waals surface area (Å²) in [6.07, 6.45) is -1.18. The molecule has 1 unspecified atom stereocenters. The number of aliphatic hydroxyl groups excluding tert-OH is 1. The molecule has 10 heteroatoms. The smallest absolute Gasteiger partial charge is 0.325 e. The Morgan fingerprint density at radius 1 is 1.19 bits per heavy atom. The second kappa shape index (κ2) is 9.76. The van der Waals surface area contributed by atoms with Crippen molar-refractivity contribution in [2.45, 2.75) is 43.9 Å². The fourth-order valence-electron chi connectivity index (χ4n) is 3.39. The molecule has 0 aromatic heterocycles. The van der Waals surface area contributed by atoms with Crippen molar-refractivity contribution in [1.29, 1.82) is 0 Å². The standard InChI is InChI=1S/C22H25FN2O6S/c1-14-7-8-18(9-15(14)2)32(29,30)25-12-17(26)10-20(25)22(28)31-13-21(27)24-11-16-5-3-4-6-19(16)23/h3-9,17,20,26H,10-13H2,1-2H3,(H,24,27)/t17?,20-/m0/s1. The number of aliphatic hydroxyl groups is 1. The Morgan fingerprint density at radius 3 is 2.59 bits per heavy atom. The summed E-state index contributed by atoms with van der Waals surface area (Å²) in [5.74, 6) is -2.07. The molecule has 8 nitrogen and oxygen atoms in total. The number of halogens is 1. The molecule has 2 aromatic rings. The Morgan fingerprint density at radius 2 is 1.91 bits per heavy atom. The van der Waals surface area contributed by atoms with Gasteiger partial charge in [-0.2, -0.15) is 4.31 Å². The van der Waals surface area contributed by atoms with Crippen molar-refractivity contribution in [3.05, 3.63) is 65.0 Å². The molecule has 0 saturated carbocycles. The van der Waals surface area contributed by atoms with E-state index in [1.807, 2.05) is 6.92 Å². The summed E-state index contributed by atoms with van der Waals surface area (Å²) >= 11 is 0. The van der Waals surface area contributed by atoms with Crippen molar-refractivity contribution in [2.24, 2.45) is 0 Å². The van der Waals surface area contributed by atoms with Crippen LogP contribution in [0.4, 0.5) is 4.39 Å². The average molecular weight is 465 g/mol. The number of ether oxygens (including phenoxy) is 1. The molecule has 172 valence electrons. The summed E-state index contributed by atoms with van der Waals surface area (Å²) in [5, 5.41) is 12.4. The third kappa shape index (κ3) is 5.32. The molecule has 32 heavy (non-hydrogen) atoms. The molecule has 1 aliphatic heterocycles. The highest BCUT2D eigenvalue weighted by Crippen LogP contribution is 2.28. The Labute approximate surface area is 186 Å². The first-order chi connectivity index (χ1) is 15.1. The van der Waals surface area contributed by atoms with Gasteiger partial charge in [0.2, 0.25) is 10.0 Å². The molecule has 2 aromatic carbocycles.